The minimum absolute atomic E-state index is 0.0808. The van der Waals surface area contributed by atoms with Gasteiger partial charge in [-0.15, -0.1) is 11.8 Å². The Hall–Kier alpha value is -1.32. The van der Waals surface area contributed by atoms with Crippen LogP contribution < -0.4 is 5.73 Å². The first-order valence-electron chi connectivity index (χ1n) is 7.28. The normalized spacial score (nSPS) is 12.6. The third-order valence-electron chi connectivity index (χ3n) is 3.31. The summed E-state index contributed by atoms with van der Waals surface area (Å²) in [5.74, 6) is 1.15. The van der Waals surface area contributed by atoms with Crippen LogP contribution in [0.2, 0.25) is 0 Å². The van der Waals surface area contributed by atoms with Gasteiger partial charge in [-0.1, -0.05) is 50.2 Å². The topological polar surface area (TPSA) is 26.0 Å². The third-order valence-corrected chi connectivity index (χ3v) is 4.47. The highest BCUT2D eigenvalue weighted by Gasteiger charge is 2.09. The lowest BCUT2D eigenvalue weighted by Crippen LogP contribution is -2.13. The highest BCUT2D eigenvalue weighted by molar-refractivity contribution is 7.99. The molecule has 0 spiro atoms. The Morgan fingerprint density at radius 2 is 1.71 bits per heavy atom. The molecule has 0 aliphatic carbocycles. The van der Waals surface area contributed by atoms with E-state index in [1.807, 2.05) is 6.07 Å². The second kappa shape index (κ2) is 7.62. The zero-order valence-corrected chi connectivity index (χ0v) is 13.4. The minimum Gasteiger partial charge on any atom is -0.323 e. The van der Waals surface area contributed by atoms with E-state index in [4.69, 9.17) is 5.73 Å². The van der Waals surface area contributed by atoms with Gasteiger partial charge in [0.25, 0.3) is 0 Å². The fourth-order valence-electron chi connectivity index (χ4n) is 2.21. The first kappa shape index (κ1) is 16.1. The highest BCUT2D eigenvalue weighted by atomic mass is 32.2. The summed E-state index contributed by atoms with van der Waals surface area (Å²) in [6, 6.07) is 15.2. The number of thioether (sulfide) groups is 1. The van der Waals surface area contributed by atoms with Crippen molar-refractivity contribution >= 4 is 11.8 Å². The van der Waals surface area contributed by atoms with E-state index in [0.29, 0.717) is 16.6 Å². The maximum atomic E-state index is 13.6. The van der Waals surface area contributed by atoms with Gasteiger partial charge in [-0.2, -0.15) is 0 Å². The fourth-order valence-corrected chi connectivity index (χ4v) is 3.14. The summed E-state index contributed by atoms with van der Waals surface area (Å²) in [5, 5.41) is 0. The summed E-state index contributed by atoms with van der Waals surface area (Å²) in [6.07, 6.45) is 1.08. The van der Waals surface area contributed by atoms with Crippen LogP contribution in [0.15, 0.2) is 53.4 Å². The van der Waals surface area contributed by atoms with E-state index in [1.54, 1.807) is 12.1 Å². The fraction of sp³-hybridized carbons (Fsp3) is 0.333. The van der Waals surface area contributed by atoms with Gasteiger partial charge in [0.05, 0.1) is 0 Å². The van der Waals surface area contributed by atoms with Crippen LogP contribution in [0, 0.1) is 11.7 Å². The predicted molar refractivity (Wildman–Crippen MR) is 89.0 cm³/mol. The SMILES string of the molecule is CC(C)Cc1ccc(C(N)CSc2ccccc2F)cc1. The Morgan fingerprint density at radius 3 is 2.33 bits per heavy atom. The highest BCUT2D eigenvalue weighted by Crippen LogP contribution is 2.25. The molecule has 0 radical (unpaired) electrons. The minimum atomic E-state index is -0.179. The first-order valence-corrected chi connectivity index (χ1v) is 8.26. The maximum absolute atomic E-state index is 13.6. The summed E-state index contributed by atoms with van der Waals surface area (Å²) < 4.78 is 13.6. The van der Waals surface area contributed by atoms with E-state index < -0.39 is 0 Å². The van der Waals surface area contributed by atoms with Crippen molar-refractivity contribution in [2.45, 2.75) is 31.2 Å². The monoisotopic (exact) mass is 303 g/mol. The van der Waals surface area contributed by atoms with Crippen molar-refractivity contribution < 1.29 is 4.39 Å². The number of hydrogen-bond acceptors (Lipinski definition) is 2. The third kappa shape index (κ3) is 4.87. The number of nitrogens with two attached hydrogens (primary N) is 1. The largest absolute Gasteiger partial charge is 0.323 e. The zero-order chi connectivity index (χ0) is 15.2. The van der Waals surface area contributed by atoms with E-state index in [9.17, 15) is 4.39 Å². The van der Waals surface area contributed by atoms with Crippen LogP contribution in [-0.4, -0.2) is 5.75 Å². The summed E-state index contributed by atoms with van der Waals surface area (Å²) >= 11 is 1.46. The summed E-state index contributed by atoms with van der Waals surface area (Å²) in [5.41, 5.74) is 8.64. The number of benzene rings is 2. The standard InChI is InChI=1S/C18H22FNS/c1-13(2)11-14-7-9-15(10-8-14)17(20)12-21-18-6-4-3-5-16(18)19/h3-10,13,17H,11-12,20H2,1-2H3. The molecule has 2 N–H and O–H groups in total. The lowest BCUT2D eigenvalue weighted by molar-refractivity contribution is 0.602. The average molecular weight is 303 g/mol. The molecule has 0 amide bonds. The number of halogens is 1. The molecule has 0 aliphatic heterocycles. The van der Waals surface area contributed by atoms with E-state index >= 15 is 0 Å². The molecule has 112 valence electrons. The van der Waals surface area contributed by atoms with Gasteiger partial charge in [0.15, 0.2) is 0 Å². The molecule has 1 unspecified atom stereocenters. The summed E-state index contributed by atoms with van der Waals surface area (Å²) in [6.45, 7) is 4.43. The number of hydrogen-bond donors (Lipinski definition) is 1. The van der Waals surface area contributed by atoms with E-state index in [2.05, 4.69) is 38.1 Å². The molecule has 0 bridgehead atoms. The molecule has 0 aromatic heterocycles. The molecule has 1 atom stereocenters. The molecular weight excluding hydrogens is 281 g/mol. The molecule has 0 saturated carbocycles. The van der Waals surface area contributed by atoms with Crippen LogP contribution in [0.3, 0.4) is 0 Å². The molecule has 21 heavy (non-hydrogen) atoms. The van der Waals surface area contributed by atoms with Gasteiger partial charge in [-0.3, -0.25) is 0 Å². The van der Waals surface area contributed by atoms with Crippen molar-refractivity contribution in [2.24, 2.45) is 11.7 Å². The molecule has 2 rings (SSSR count). The van der Waals surface area contributed by atoms with Gasteiger partial charge in [0.1, 0.15) is 5.82 Å². The van der Waals surface area contributed by atoms with Crippen LogP contribution in [0.25, 0.3) is 0 Å². The van der Waals surface area contributed by atoms with Gasteiger partial charge in [-0.05, 0) is 35.6 Å². The van der Waals surface area contributed by atoms with E-state index in [0.717, 1.165) is 12.0 Å². The average Bonchev–Trinajstić information content (AvgIpc) is 2.46. The van der Waals surface area contributed by atoms with Gasteiger partial charge >= 0.3 is 0 Å². The molecular formula is C18H22FNS. The van der Waals surface area contributed by atoms with Crippen molar-refractivity contribution in [2.75, 3.05) is 5.75 Å². The van der Waals surface area contributed by atoms with Gasteiger partial charge in [-0.25, -0.2) is 4.39 Å². The smallest absolute Gasteiger partial charge is 0.136 e. The quantitative estimate of drug-likeness (QED) is 0.775. The molecule has 2 aromatic rings. The predicted octanol–water partition coefficient (Wildman–Crippen LogP) is 4.82. The Labute approximate surface area is 130 Å². The summed E-state index contributed by atoms with van der Waals surface area (Å²) in [7, 11) is 0. The first-order chi connectivity index (χ1) is 10.1. The molecule has 0 saturated heterocycles. The number of rotatable bonds is 6. The van der Waals surface area contributed by atoms with Crippen LogP contribution in [-0.2, 0) is 6.42 Å². The van der Waals surface area contributed by atoms with Gasteiger partial charge < -0.3 is 5.73 Å². The van der Waals surface area contributed by atoms with E-state index in [1.165, 1.54) is 23.4 Å². The zero-order valence-electron chi connectivity index (χ0n) is 12.6. The lowest BCUT2D eigenvalue weighted by Gasteiger charge is -2.13. The van der Waals surface area contributed by atoms with Gasteiger partial charge in [0, 0.05) is 16.7 Å². The second-order valence-electron chi connectivity index (χ2n) is 5.69. The van der Waals surface area contributed by atoms with Crippen molar-refractivity contribution in [1.29, 1.82) is 0 Å². The van der Waals surface area contributed by atoms with Crippen LogP contribution >= 0.6 is 11.8 Å². The molecule has 2 aromatic carbocycles. The Bertz CT molecular complexity index is 566. The Balaban J connectivity index is 1.94. The lowest BCUT2D eigenvalue weighted by atomic mass is 10.0. The Kier molecular flexibility index (Phi) is 5.83. The van der Waals surface area contributed by atoms with E-state index in [-0.39, 0.29) is 11.9 Å². The maximum Gasteiger partial charge on any atom is 0.136 e. The second-order valence-corrected chi connectivity index (χ2v) is 6.75. The van der Waals surface area contributed by atoms with Crippen molar-refractivity contribution in [3.8, 4) is 0 Å². The molecule has 0 aliphatic rings. The molecule has 0 heterocycles. The van der Waals surface area contributed by atoms with Crippen LogP contribution in [0.1, 0.15) is 31.0 Å². The Morgan fingerprint density at radius 1 is 1.05 bits per heavy atom. The van der Waals surface area contributed by atoms with Crippen LogP contribution in [0.5, 0.6) is 0 Å². The van der Waals surface area contributed by atoms with Crippen molar-refractivity contribution in [3.05, 3.63) is 65.5 Å². The van der Waals surface area contributed by atoms with Crippen LogP contribution in [0.4, 0.5) is 4.39 Å². The molecule has 1 nitrogen and oxygen atoms in total. The van der Waals surface area contributed by atoms with Gasteiger partial charge in [0.2, 0.25) is 0 Å². The van der Waals surface area contributed by atoms with Crippen molar-refractivity contribution in [3.63, 3.8) is 0 Å². The summed E-state index contributed by atoms with van der Waals surface area (Å²) in [4.78, 5) is 0.657. The molecule has 0 fully saturated rings. The molecule has 3 heteroatoms. The van der Waals surface area contributed by atoms with Crippen molar-refractivity contribution in [1.82, 2.24) is 0 Å².